The second kappa shape index (κ2) is 5.00. The predicted molar refractivity (Wildman–Crippen MR) is 61.5 cm³/mol. The second-order valence-electron chi connectivity index (χ2n) is 2.86. The molecule has 6 heteroatoms. The Bertz CT molecular complexity index is 418. The van der Waals surface area contributed by atoms with Crippen LogP contribution in [0.2, 0.25) is 10.0 Å². The van der Waals surface area contributed by atoms with E-state index < -0.39 is 6.03 Å². The predicted octanol–water partition coefficient (Wildman–Crippen LogP) is 2.30. The largest absolute Gasteiger partial charge is 0.350 e. The molecule has 1 aromatic carbocycles. The highest BCUT2D eigenvalue weighted by Gasteiger charge is 2.02. The Kier molecular flexibility index (Phi) is 3.94. The van der Waals surface area contributed by atoms with Gasteiger partial charge in [-0.2, -0.15) is 5.10 Å². The lowest BCUT2D eigenvalue weighted by Gasteiger charge is -2.02. The van der Waals surface area contributed by atoms with Crippen LogP contribution in [0, 0.1) is 6.92 Å². The lowest BCUT2D eigenvalue weighted by atomic mass is 10.1. The monoisotopic (exact) mass is 245 g/mol. The zero-order chi connectivity index (χ0) is 11.4. The molecule has 80 valence electrons. The minimum Gasteiger partial charge on any atom is -0.350 e. The van der Waals surface area contributed by atoms with Crippen molar-refractivity contribution in [2.45, 2.75) is 6.92 Å². The highest BCUT2D eigenvalue weighted by Crippen LogP contribution is 2.23. The van der Waals surface area contributed by atoms with Gasteiger partial charge in [0, 0.05) is 10.6 Å². The van der Waals surface area contributed by atoms with Crippen LogP contribution in [0.3, 0.4) is 0 Å². The minimum absolute atomic E-state index is 0.459. The van der Waals surface area contributed by atoms with Gasteiger partial charge < -0.3 is 5.73 Å². The Morgan fingerprint density at radius 2 is 2.13 bits per heavy atom. The lowest BCUT2D eigenvalue weighted by Crippen LogP contribution is -2.24. The van der Waals surface area contributed by atoms with Crippen molar-refractivity contribution in [2.24, 2.45) is 10.8 Å². The third kappa shape index (κ3) is 3.42. The van der Waals surface area contributed by atoms with Gasteiger partial charge >= 0.3 is 6.03 Å². The number of halogens is 2. The zero-order valence-electron chi connectivity index (χ0n) is 7.92. The van der Waals surface area contributed by atoms with Crippen molar-refractivity contribution in [3.05, 3.63) is 33.3 Å². The van der Waals surface area contributed by atoms with E-state index in [2.05, 4.69) is 10.5 Å². The first-order chi connectivity index (χ1) is 7.00. The Morgan fingerprint density at radius 1 is 1.47 bits per heavy atom. The van der Waals surface area contributed by atoms with E-state index in [9.17, 15) is 4.79 Å². The number of nitrogens with zero attached hydrogens (tertiary/aromatic N) is 1. The van der Waals surface area contributed by atoms with Crippen LogP contribution < -0.4 is 11.2 Å². The standard InChI is InChI=1S/C9H9Cl2N3O/c1-5-2-6(4-13-14-9(12)15)8(11)3-7(5)10/h2-4H,1H3,(H3,12,14,15). The topological polar surface area (TPSA) is 67.5 Å². The maximum absolute atomic E-state index is 10.3. The number of carbonyl (C=O) groups is 1. The molecule has 0 saturated carbocycles. The van der Waals surface area contributed by atoms with Crippen LogP contribution in [-0.2, 0) is 0 Å². The van der Waals surface area contributed by atoms with Crippen LogP contribution in [0.1, 0.15) is 11.1 Å². The molecule has 0 atom stereocenters. The third-order valence-electron chi connectivity index (χ3n) is 1.66. The molecular weight excluding hydrogens is 237 g/mol. The van der Waals surface area contributed by atoms with Gasteiger partial charge in [-0.15, -0.1) is 0 Å². The van der Waals surface area contributed by atoms with E-state index in [0.29, 0.717) is 15.6 Å². The number of primary amides is 1. The molecule has 0 saturated heterocycles. The molecule has 0 aliphatic carbocycles. The number of benzene rings is 1. The number of hydrogen-bond donors (Lipinski definition) is 2. The fourth-order valence-corrected chi connectivity index (χ4v) is 1.38. The minimum atomic E-state index is -0.729. The first-order valence-corrected chi connectivity index (χ1v) is 4.80. The first-order valence-electron chi connectivity index (χ1n) is 4.05. The summed E-state index contributed by atoms with van der Waals surface area (Å²) in [7, 11) is 0. The molecule has 0 radical (unpaired) electrons. The SMILES string of the molecule is Cc1cc(C=NNC(N)=O)c(Cl)cc1Cl. The van der Waals surface area contributed by atoms with Gasteiger partial charge in [0.2, 0.25) is 0 Å². The highest BCUT2D eigenvalue weighted by atomic mass is 35.5. The molecule has 1 aromatic rings. The molecule has 0 aliphatic heterocycles. The molecule has 0 aliphatic rings. The summed E-state index contributed by atoms with van der Waals surface area (Å²) in [5.74, 6) is 0. The van der Waals surface area contributed by atoms with Crippen LogP contribution in [0.4, 0.5) is 4.79 Å². The summed E-state index contributed by atoms with van der Waals surface area (Å²) in [4.78, 5) is 10.3. The average molecular weight is 246 g/mol. The van der Waals surface area contributed by atoms with Crippen LogP contribution in [-0.4, -0.2) is 12.2 Å². The summed E-state index contributed by atoms with van der Waals surface area (Å²) >= 11 is 11.7. The summed E-state index contributed by atoms with van der Waals surface area (Å²) in [6, 6.07) is 2.65. The van der Waals surface area contributed by atoms with Crippen molar-refractivity contribution in [1.82, 2.24) is 5.43 Å². The van der Waals surface area contributed by atoms with Crippen LogP contribution >= 0.6 is 23.2 Å². The summed E-state index contributed by atoms with van der Waals surface area (Å²) < 4.78 is 0. The molecule has 0 spiro atoms. The van der Waals surface area contributed by atoms with E-state index in [-0.39, 0.29) is 0 Å². The van der Waals surface area contributed by atoms with Gasteiger partial charge in [-0.05, 0) is 24.6 Å². The molecule has 0 fully saturated rings. The van der Waals surface area contributed by atoms with Crippen molar-refractivity contribution in [3.63, 3.8) is 0 Å². The van der Waals surface area contributed by atoms with E-state index in [1.54, 1.807) is 12.1 Å². The normalized spacial score (nSPS) is 10.6. The van der Waals surface area contributed by atoms with E-state index >= 15 is 0 Å². The lowest BCUT2D eigenvalue weighted by molar-refractivity contribution is 0.249. The number of aryl methyl sites for hydroxylation is 1. The molecule has 3 N–H and O–H groups in total. The van der Waals surface area contributed by atoms with Gasteiger partial charge in [0.05, 0.1) is 11.2 Å². The maximum Gasteiger partial charge on any atom is 0.332 e. The van der Waals surface area contributed by atoms with E-state index in [1.807, 2.05) is 6.92 Å². The molecule has 4 nitrogen and oxygen atoms in total. The number of urea groups is 1. The Labute approximate surface area is 97.0 Å². The maximum atomic E-state index is 10.3. The summed E-state index contributed by atoms with van der Waals surface area (Å²) in [6.45, 7) is 1.84. The van der Waals surface area contributed by atoms with Gasteiger partial charge in [-0.1, -0.05) is 23.2 Å². The number of carbonyl (C=O) groups excluding carboxylic acids is 1. The fourth-order valence-electron chi connectivity index (χ4n) is 0.944. The van der Waals surface area contributed by atoms with Gasteiger partial charge in [0.25, 0.3) is 0 Å². The molecule has 15 heavy (non-hydrogen) atoms. The third-order valence-corrected chi connectivity index (χ3v) is 2.39. The van der Waals surface area contributed by atoms with E-state index in [1.165, 1.54) is 6.21 Å². The summed E-state index contributed by atoms with van der Waals surface area (Å²) in [6.07, 6.45) is 1.40. The number of rotatable bonds is 2. The van der Waals surface area contributed by atoms with E-state index in [4.69, 9.17) is 28.9 Å². The number of hydrogen-bond acceptors (Lipinski definition) is 2. The number of nitrogens with one attached hydrogen (secondary N) is 1. The number of amides is 2. The summed E-state index contributed by atoms with van der Waals surface area (Å²) in [5, 5.41) is 4.64. The molecule has 0 unspecified atom stereocenters. The molecule has 0 heterocycles. The smallest absolute Gasteiger partial charge is 0.332 e. The molecule has 0 aromatic heterocycles. The fraction of sp³-hybridized carbons (Fsp3) is 0.111. The molecule has 0 bridgehead atoms. The molecule has 2 amide bonds. The van der Waals surface area contributed by atoms with Crippen LogP contribution in [0.25, 0.3) is 0 Å². The van der Waals surface area contributed by atoms with Crippen molar-refractivity contribution >= 4 is 35.4 Å². The van der Waals surface area contributed by atoms with Crippen molar-refractivity contribution in [1.29, 1.82) is 0 Å². The molecular formula is C9H9Cl2N3O. The van der Waals surface area contributed by atoms with Gasteiger partial charge in [0.1, 0.15) is 0 Å². The Morgan fingerprint density at radius 3 is 2.73 bits per heavy atom. The summed E-state index contributed by atoms with van der Waals surface area (Å²) in [5.41, 5.74) is 8.44. The molecule has 1 rings (SSSR count). The van der Waals surface area contributed by atoms with Gasteiger partial charge in [0.15, 0.2) is 0 Å². The highest BCUT2D eigenvalue weighted by molar-refractivity contribution is 6.36. The van der Waals surface area contributed by atoms with Crippen LogP contribution in [0.5, 0.6) is 0 Å². The average Bonchev–Trinajstić information content (AvgIpc) is 2.13. The zero-order valence-corrected chi connectivity index (χ0v) is 9.43. The van der Waals surface area contributed by atoms with Gasteiger partial charge in [-0.25, -0.2) is 10.2 Å². The van der Waals surface area contributed by atoms with Gasteiger partial charge in [-0.3, -0.25) is 0 Å². The second-order valence-corrected chi connectivity index (χ2v) is 3.67. The quantitative estimate of drug-likeness (QED) is 0.610. The Balaban J connectivity index is 2.90. The van der Waals surface area contributed by atoms with E-state index in [0.717, 1.165) is 5.56 Å². The van der Waals surface area contributed by atoms with Crippen LogP contribution in [0.15, 0.2) is 17.2 Å². The Hall–Kier alpha value is -1.26. The number of hydrazone groups is 1. The van der Waals surface area contributed by atoms with Crippen molar-refractivity contribution < 1.29 is 4.79 Å². The van der Waals surface area contributed by atoms with Crippen molar-refractivity contribution in [3.8, 4) is 0 Å². The number of nitrogens with two attached hydrogens (primary N) is 1. The first kappa shape index (κ1) is 11.8. The van der Waals surface area contributed by atoms with Crippen molar-refractivity contribution in [2.75, 3.05) is 0 Å².